The summed E-state index contributed by atoms with van der Waals surface area (Å²) in [7, 11) is 3.04. The summed E-state index contributed by atoms with van der Waals surface area (Å²) in [4.78, 5) is 4.56. The number of aliphatic imine (C=N–C) groups is 1. The highest BCUT2D eigenvalue weighted by Gasteiger charge is 2.11. The van der Waals surface area contributed by atoms with E-state index in [0.717, 1.165) is 23.4 Å². The lowest BCUT2D eigenvalue weighted by molar-refractivity contribution is -0.0512. The van der Waals surface area contributed by atoms with Crippen molar-refractivity contribution in [2.75, 3.05) is 27.3 Å². The fraction of sp³-hybridized carbons (Fsp3) is 0.381. The zero-order valence-corrected chi connectivity index (χ0v) is 16.9. The van der Waals surface area contributed by atoms with Crippen LogP contribution in [0.4, 0.5) is 8.78 Å². The molecule has 0 heterocycles. The summed E-state index contributed by atoms with van der Waals surface area (Å²) in [5, 5.41) is 6.43. The minimum Gasteiger partial charge on any atom is -0.497 e. The van der Waals surface area contributed by atoms with Crippen LogP contribution in [0.5, 0.6) is 17.2 Å². The lowest BCUT2D eigenvalue weighted by Gasteiger charge is -2.13. The van der Waals surface area contributed by atoms with Crippen LogP contribution < -0.4 is 24.8 Å². The molecule has 0 aliphatic rings. The van der Waals surface area contributed by atoms with Gasteiger partial charge in [0.05, 0.1) is 20.8 Å². The van der Waals surface area contributed by atoms with Crippen molar-refractivity contribution in [3.8, 4) is 17.2 Å². The van der Waals surface area contributed by atoms with Crippen molar-refractivity contribution < 1.29 is 23.0 Å². The highest BCUT2D eigenvalue weighted by Crippen LogP contribution is 2.29. The van der Waals surface area contributed by atoms with E-state index in [1.54, 1.807) is 19.2 Å². The first-order chi connectivity index (χ1) is 14.0. The Morgan fingerprint density at radius 1 is 0.966 bits per heavy atom. The summed E-state index contributed by atoms with van der Waals surface area (Å²) in [5.74, 6) is 1.79. The third-order valence-electron chi connectivity index (χ3n) is 4.07. The molecular weight excluding hydrogens is 380 g/mol. The Morgan fingerprint density at radius 3 is 2.31 bits per heavy atom. The molecule has 0 aliphatic carbocycles. The molecule has 0 unspecified atom stereocenters. The first-order valence-corrected chi connectivity index (χ1v) is 9.32. The van der Waals surface area contributed by atoms with Gasteiger partial charge in [-0.1, -0.05) is 18.2 Å². The molecule has 0 aliphatic heterocycles. The molecule has 8 heteroatoms. The van der Waals surface area contributed by atoms with E-state index in [-0.39, 0.29) is 11.5 Å². The van der Waals surface area contributed by atoms with Gasteiger partial charge in [-0.2, -0.15) is 8.78 Å². The smallest absolute Gasteiger partial charge is 0.387 e. The summed E-state index contributed by atoms with van der Waals surface area (Å²) in [6, 6.07) is 12.7. The van der Waals surface area contributed by atoms with Gasteiger partial charge in [0.1, 0.15) is 5.75 Å². The van der Waals surface area contributed by atoms with Crippen molar-refractivity contribution in [2.45, 2.75) is 26.5 Å². The molecule has 0 aromatic heterocycles. The van der Waals surface area contributed by atoms with Crippen LogP contribution in [0.25, 0.3) is 0 Å². The second-order valence-corrected chi connectivity index (χ2v) is 6.08. The van der Waals surface area contributed by atoms with Crippen LogP contribution in [0.2, 0.25) is 0 Å². The third-order valence-corrected chi connectivity index (χ3v) is 4.07. The Bertz CT molecular complexity index is 783. The molecule has 0 saturated heterocycles. The quantitative estimate of drug-likeness (QED) is 0.465. The SMILES string of the molecule is CCNC(=NCc1ccc(OC)cc1)NCCc1ccc(OC)c(OC(F)F)c1. The summed E-state index contributed by atoms with van der Waals surface area (Å²) < 4.78 is 39.8. The number of rotatable bonds is 10. The predicted octanol–water partition coefficient (Wildman–Crippen LogP) is 3.60. The fourth-order valence-corrected chi connectivity index (χ4v) is 2.63. The van der Waals surface area contributed by atoms with E-state index in [2.05, 4.69) is 20.4 Å². The van der Waals surface area contributed by atoms with Gasteiger partial charge < -0.3 is 24.8 Å². The lowest BCUT2D eigenvalue weighted by Crippen LogP contribution is -2.38. The number of guanidine groups is 1. The maximum absolute atomic E-state index is 12.6. The van der Waals surface area contributed by atoms with E-state index < -0.39 is 6.61 Å². The van der Waals surface area contributed by atoms with Gasteiger partial charge in [0.15, 0.2) is 17.5 Å². The number of halogens is 2. The lowest BCUT2D eigenvalue weighted by atomic mass is 10.1. The normalized spacial score (nSPS) is 11.3. The van der Waals surface area contributed by atoms with E-state index in [1.807, 2.05) is 37.3 Å². The van der Waals surface area contributed by atoms with Gasteiger partial charge in [-0.05, 0) is 48.7 Å². The molecule has 29 heavy (non-hydrogen) atoms. The summed E-state index contributed by atoms with van der Waals surface area (Å²) in [6.07, 6.45) is 0.608. The summed E-state index contributed by atoms with van der Waals surface area (Å²) in [5.41, 5.74) is 1.91. The fourth-order valence-electron chi connectivity index (χ4n) is 2.63. The molecule has 2 N–H and O–H groups in total. The van der Waals surface area contributed by atoms with E-state index in [9.17, 15) is 8.78 Å². The minimum absolute atomic E-state index is 0.0279. The molecule has 2 aromatic rings. The molecule has 0 amide bonds. The Morgan fingerprint density at radius 2 is 1.69 bits per heavy atom. The number of hydrogen-bond acceptors (Lipinski definition) is 4. The Balaban J connectivity index is 1.94. The number of nitrogens with zero attached hydrogens (tertiary/aromatic N) is 1. The van der Waals surface area contributed by atoms with Crippen LogP contribution in [0, 0.1) is 0 Å². The van der Waals surface area contributed by atoms with Crippen molar-refractivity contribution in [1.29, 1.82) is 0 Å². The van der Waals surface area contributed by atoms with Crippen molar-refractivity contribution in [3.63, 3.8) is 0 Å². The maximum Gasteiger partial charge on any atom is 0.387 e. The van der Waals surface area contributed by atoms with Crippen molar-refractivity contribution in [1.82, 2.24) is 10.6 Å². The molecule has 0 fully saturated rings. The van der Waals surface area contributed by atoms with Crippen LogP contribution in [-0.4, -0.2) is 39.9 Å². The largest absolute Gasteiger partial charge is 0.497 e. The van der Waals surface area contributed by atoms with Gasteiger partial charge in [0.25, 0.3) is 0 Å². The summed E-state index contributed by atoms with van der Waals surface area (Å²) >= 11 is 0. The Kier molecular flexibility index (Phi) is 9.01. The molecule has 0 atom stereocenters. The standard InChI is InChI=1S/C21H27F2N3O3/c1-4-24-21(26-14-16-5-8-17(27-2)9-6-16)25-12-11-15-7-10-18(28-3)19(13-15)29-20(22)23/h5-10,13,20H,4,11-12,14H2,1-3H3,(H2,24,25,26). The maximum atomic E-state index is 12.6. The van der Waals surface area contributed by atoms with Gasteiger partial charge in [0.2, 0.25) is 0 Å². The number of hydrogen-bond donors (Lipinski definition) is 2. The topological polar surface area (TPSA) is 64.1 Å². The van der Waals surface area contributed by atoms with Crippen LogP contribution in [0.1, 0.15) is 18.1 Å². The first kappa shape index (κ1) is 22.3. The molecule has 0 spiro atoms. The second kappa shape index (κ2) is 11.7. The predicted molar refractivity (Wildman–Crippen MR) is 109 cm³/mol. The number of methoxy groups -OCH3 is 2. The molecule has 158 valence electrons. The molecule has 0 bridgehead atoms. The van der Waals surface area contributed by atoms with Crippen molar-refractivity contribution >= 4 is 5.96 Å². The Hall–Kier alpha value is -3.03. The molecule has 0 radical (unpaired) electrons. The van der Waals surface area contributed by atoms with E-state index in [0.29, 0.717) is 25.5 Å². The molecular formula is C21H27F2N3O3. The number of alkyl halides is 2. The summed E-state index contributed by atoms with van der Waals surface area (Å²) in [6.45, 7) is 0.914. The van der Waals surface area contributed by atoms with Gasteiger partial charge in [-0.15, -0.1) is 0 Å². The number of benzene rings is 2. The van der Waals surface area contributed by atoms with Crippen LogP contribution in [0.3, 0.4) is 0 Å². The monoisotopic (exact) mass is 407 g/mol. The van der Waals surface area contributed by atoms with Gasteiger partial charge >= 0.3 is 6.61 Å². The number of nitrogens with one attached hydrogen (secondary N) is 2. The molecule has 6 nitrogen and oxygen atoms in total. The van der Waals surface area contributed by atoms with Gasteiger partial charge in [-0.3, -0.25) is 0 Å². The first-order valence-electron chi connectivity index (χ1n) is 9.32. The van der Waals surface area contributed by atoms with Crippen LogP contribution in [0.15, 0.2) is 47.5 Å². The average Bonchev–Trinajstić information content (AvgIpc) is 2.72. The van der Waals surface area contributed by atoms with Crippen molar-refractivity contribution in [2.24, 2.45) is 4.99 Å². The molecule has 2 aromatic carbocycles. The second-order valence-electron chi connectivity index (χ2n) is 6.08. The van der Waals surface area contributed by atoms with Crippen LogP contribution >= 0.6 is 0 Å². The van der Waals surface area contributed by atoms with E-state index in [4.69, 9.17) is 9.47 Å². The minimum atomic E-state index is -2.90. The third kappa shape index (κ3) is 7.48. The van der Waals surface area contributed by atoms with E-state index >= 15 is 0 Å². The zero-order chi connectivity index (χ0) is 21.1. The van der Waals surface area contributed by atoms with Gasteiger partial charge in [0, 0.05) is 13.1 Å². The highest BCUT2D eigenvalue weighted by molar-refractivity contribution is 5.79. The Labute approximate surface area is 169 Å². The molecule has 2 rings (SSSR count). The molecule has 0 saturated carbocycles. The zero-order valence-electron chi connectivity index (χ0n) is 16.9. The highest BCUT2D eigenvalue weighted by atomic mass is 19.3. The van der Waals surface area contributed by atoms with Crippen molar-refractivity contribution in [3.05, 3.63) is 53.6 Å². The van der Waals surface area contributed by atoms with E-state index in [1.165, 1.54) is 7.11 Å². The average molecular weight is 407 g/mol. The van der Waals surface area contributed by atoms with Crippen LogP contribution in [-0.2, 0) is 13.0 Å². The number of ether oxygens (including phenoxy) is 3. The van der Waals surface area contributed by atoms with Gasteiger partial charge in [-0.25, -0.2) is 4.99 Å².